The third kappa shape index (κ3) is 2.32. The highest BCUT2D eigenvalue weighted by atomic mass is 14.9. The van der Waals surface area contributed by atoms with Crippen LogP contribution >= 0.6 is 0 Å². The van der Waals surface area contributed by atoms with E-state index in [-0.39, 0.29) is 0 Å². The van der Waals surface area contributed by atoms with Crippen molar-refractivity contribution in [3.8, 4) is 11.1 Å². The molecule has 1 nitrogen and oxygen atoms in total. The summed E-state index contributed by atoms with van der Waals surface area (Å²) in [7, 11) is 0. The second-order valence-corrected chi connectivity index (χ2v) is 4.95. The normalized spacial score (nSPS) is 15.6. The summed E-state index contributed by atoms with van der Waals surface area (Å²) in [6, 6.07) is 17.3. The Labute approximate surface area is 109 Å². The molecule has 1 N–H and O–H groups in total. The standard InChI is InChI=1S/C13H10.C4H9N/c1-3-7-12-10(5-1)9-11-6-2-4-8-13(11)12;1-2-4-5-3-1/h1-8H,9H2;5H,1-4H2. The lowest BCUT2D eigenvalue weighted by atomic mass is 10.1. The number of fused-ring (bicyclic) bond motifs is 3. The van der Waals surface area contributed by atoms with Crippen molar-refractivity contribution >= 4 is 0 Å². The van der Waals surface area contributed by atoms with Crippen molar-refractivity contribution in [2.24, 2.45) is 0 Å². The van der Waals surface area contributed by atoms with Crippen LogP contribution in [0.4, 0.5) is 0 Å². The summed E-state index contributed by atoms with van der Waals surface area (Å²) in [5.74, 6) is 0. The number of rotatable bonds is 0. The Morgan fingerprint density at radius 2 is 1.17 bits per heavy atom. The summed E-state index contributed by atoms with van der Waals surface area (Å²) in [4.78, 5) is 0. The SMILES string of the molecule is C1CCNC1.c1ccc2c(c1)Cc1ccccc1-2. The first-order valence-electron chi connectivity index (χ1n) is 6.82. The Hall–Kier alpha value is -1.60. The van der Waals surface area contributed by atoms with E-state index in [1.807, 2.05) is 0 Å². The van der Waals surface area contributed by atoms with Gasteiger partial charge in [0.1, 0.15) is 0 Å². The lowest BCUT2D eigenvalue weighted by Crippen LogP contribution is -2.03. The molecule has 2 aromatic rings. The first-order valence-corrected chi connectivity index (χ1v) is 6.82. The molecule has 2 aliphatic rings. The Morgan fingerprint density at radius 3 is 1.61 bits per heavy atom. The zero-order chi connectivity index (χ0) is 12.2. The first kappa shape index (κ1) is 11.5. The predicted octanol–water partition coefficient (Wildman–Crippen LogP) is 3.63. The minimum Gasteiger partial charge on any atom is -0.317 e. The summed E-state index contributed by atoms with van der Waals surface area (Å²) in [6.45, 7) is 2.50. The summed E-state index contributed by atoms with van der Waals surface area (Å²) in [6.07, 6.45) is 3.88. The van der Waals surface area contributed by atoms with Gasteiger partial charge in [0.15, 0.2) is 0 Å². The number of hydrogen-bond donors (Lipinski definition) is 1. The lowest BCUT2D eigenvalue weighted by molar-refractivity contribution is 0.857. The molecule has 0 radical (unpaired) electrons. The quantitative estimate of drug-likeness (QED) is 0.629. The fourth-order valence-corrected chi connectivity index (χ4v) is 2.70. The number of hydrogen-bond acceptors (Lipinski definition) is 1. The van der Waals surface area contributed by atoms with Crippen LogP contribution in [0.2, 0.25) is 0 Å². The largest absolute Gasteiger partial charge is 0.317 e. The molecule has 1 aliphatic heterocycles. The molecule has 1 heteroatoms. The maximum atomic E-state index is 3.22. The average molecular weight is 237 g/mol. The van der Waals surface area contributed by atoms with E-state index >= 15 is 0 Å². The molecule has 1 heterocycles. The topological polar surface area (TPSA) is 12.0 Å². The van der Waals surface area contributed by atoms with Crippen molar-refractivity contribution in [2.75, 3.05) is 13.1 Å². The van der Waals surface area contributed by atoms with E-state index in [9.17, 15) is 0 Å². The van der Waals surface area contributed by atoms with Gasteiger partial charge in [0.05, 0.1) is 0 Å². The Kier molecular flexibility index (Phi) is 3.42. The highest BCUT2D eigenvalue weighted by Gasteiger charge is 2.15. The van der Waals surface area contributed by atoms with E-state index in [2.05, 4.69) is 53.8 Å². The van der Waals surface area contributed by atoms with E-state index in [1.165, 1.54) is 48.2 Å². The molecule has 0 unspecified atom stereocenters. The Balaban J connectivity index is 0.000000169. The number of nitrogens with one attached hydrogen (secondary N) is 1. The fourth-order valence-electron chi connectivity index (χ4n) is 2.70. The van der Waals surface area contributed by atoms with Crippen LogP contribution in [0, 0.1) is 0 Å². The molecule has 0 saturated carbocycles. The van der Waals surface area contributed by atoms with Gasteiger partial charge in [0.25, 0.3) is 0 Å². The second-order valence-electron chi connectivity index (χ2n) is 4.95. The van der Waals surface area contributed by atoms with Gasteiger partial charge in [-0.25, -0.2) is 0 Å². The maximum absolute atomic E-state index is 3.22. The van der Waals surface area contributed by atoms with Crippen LogP contribution in [0.5, 0.6) is 0 Å². The van der Waals surface area contributed by atoms with Crippen LogP contribution in [0.25, 0.3) is 11.1 Å². The lowest BCUT2D eigenvalue weighted by Gasteiger charge is -1.98. The van der Waals surface area contributed by atoms with E-state index in [0.29, 0.717) is 0 Å². The van der Waals surface area contributed by atoms with Crippen LogP contribution in [0.15, 0.2) is 48.5 Å². The van der Waals surface area contributed by atoms with Gasteiger partial charge in [-0.15, -0.1) is 0 Å². The van der Waals surface area contributed by atoms with Crippen molar-refractivity contribution in [1.82, 2.24) is 5.32 Å². The predicted molar refractivity (Wildman–Crippen MR) is 76.8 cm³/mol. The van der Waals surface area contributed by atoms with Crippen molar-refractivity contribution in [1.29, 1.82) is 0 Å². The van der Waals surface area contributed by atoms with Gasteiger partial charge in [0, 0.05) is 0 Å². The molecule has 1 saturated heterocycles. The summed E-state index contributed by atoms with van der Waals surface area (Å²) >= 11 is 0. The van der Waals surface area contributed by atoms with Gasteiger partial charge < -0.3 is 5.32 Å². The van der Waals surface area contributed by atoms with Gasteiger partial charge in [-0.3, -0.25) is 0 Å². The van der Waals surface area contributed by atoms with Crippen molar-refractivity contribution in [3.63, 3.8) is 0 Å². The summed E-state index contributed by atoms with van der Waals surface area (Å²) in [5.41, 5.74) is 5.75. The minimum atomic E-state index is 1.10. The molecule has 92 valence electrons. The van der Waals surface area contributed by atoms with Crippen molar-refractivity contribution < 1.29 is 0 Å². The van der Waals surface area contributed by atoms with E-state index < -0.39 is 0 Å². The average Bonchev–Trinajstić information content (AvgIpc) is 3.10. The van der Waals surface area contributed by atoms with Crippen LogP contribution in [0.1, 0.15) is 24.0 Å². The van der Waals surface area contributed by atoms with Crippen LogP contribution in [-0.2, 0) is 6.42 Å². The third-order valence-corrected chi connectivity index (χ3v) is 3.66. The Morgan fingerprint density at radius 1 is 0.667 bits per heavy atom. The highest BCUT2D eigenvalue weighted by molar-refractivity contribution is 5.76. The van der Waals surface area contributed by atoms with Crippen molar-refractivity contribution in [2.45, 2.75) is 19.3 Å². The molecule has 0 amide bonds. The second kappa shape index (κ2) is 5.36. The molecule has 18 heavy (non-hydrogen) atoms. The molecular weight excluding hydrogens is 218 g/mol. The van der Waals surface area contributed by atoms with Crippen LogP contribution < -0.4 is 5.32 Å². The number of benzene rings is 2. The van der Waals surface area contributed by atoms with Crippen molar-refractivity contribution in [3.05, 3.63) is 59.7 Å². The van der Waals surface area contributed by atoms with Gasteiger partial charge in [-0.1, -0.05) is 48.5 Å². The maximum Gasteiger partial charge on any atom is -0.00135 e. The molecule has 0 bridgehead atoms. The molecular formula is C17H19N. The van der Waals surface area contributed by atoms with E-state index in [0.717, 1.165) is 6.42 Å². The minimum absolute atomic E-state index is 1.10. The zero-order valence-electron chi connectivity index (χ0n) is 10.7. The molecule has 4 rings (SSSR count). The first-order chi connectivity index (χ1) is 8.95. The summed E-state index contributed by atoms with van der Waals surface area (Å²) < 4.78 is 0. The fraction of sp³-hybridized carbons (Fsp3) is 0.294. The van der Waals surface area contributed by atoms with Gasteiger partial charge >= 0.3 is 0 Å². The molecule has 1 fully saturated rings. The van der Waals surface area contributed by atoms with Crippen LogP contribution in [0.3, 0.4) is 0 Å². The summed E-state index contributed by atoms with van der Waals surface area (Å²) in [5, 5.41) is 3.22. The smallest absolute Gasteiger partial charge is 0.00135 e. The monoisotopic (exact) mass is 237 g/mol. The van der Waals surface area contributed by atoms with E-state index in [1.54, 1.807) is 0 Å². The van der Waals surface area contributed by atoms with Gasteiger partial charge in [-0.2, -0.15) is 0 Å². The van der Waals surface area contributed by atoms with Gasteiger partial charge in [0.2, 0.25) is 0 Å². The molecule has 0 aromatic heterocycles. The Bertz CT molecular complexity index is 476. The van der Waals surface area contributed by atoms with Crippen LogP contribution in [-0.4, -0.2) is 13.1 Å². The highest BCUT2D eigenvalue weighted by Crippen LogP contribution is 2.35. The molecule has 2 aromatic carbocycles. The van der Waals surface area contributed by atoms with E-state index in [4.69, 9.17) is 0 Å². The molecule has 1 aliphatic carbocycles. The molecule has 0 atom stereocenters. The third-order valence-electron chi connectivity index (χ3n) is 3.66. The molecule has 0 spiro atoms. The zero-order valence-corrected chi connectivity index (χ0v) is 10.7. The van der Waals surface area contributed by atoms with Gasteiger partial charge in [-0.05, 0) is 54.6 Å².